The molecule has 2 N–H and O–H groups in total. The molecule has 0 saturated heterocycles. The molecule has 0 aliphatic carbocycles. The van der Waals surface area contributed by atoms with Crippen LogP contribution in [0.25, 0.3) is 0 Å². The van der Waals surface area contributed by atoms with Crippen LogP contribution < -0.4 is 14.6 Å². The molecule has 0 radical (unpaired) electrons. The molecule has 10 nitrogen and oxygen atoms in total. The summed E-state index contributed by atoms with van der Waals surface area (Å²) in [6, 6.07) is 21.4. The van der Waals surface area contributed by atoms with E-state index >= 15 is 0 Å². The third-order valence-electron chi connectivity index (χ3n) is 8.31. The monoisotopic (exact) mass is 794 g/mol. The van der Waals surface area contributed by atoms with Gasteiger partial charge in [0.15, 0.2) is 0 Å². The van der Waals surface area contributed by atoms with Gasteiger partial charge in [-0.1, -0.05) is 121 Å². The van der Waals surface area contributed by atoms with Gasteiger partial charge < -0.3 is 24.2 Å². The molecule has 13 heteroatoms. The van der Waals surface area contributed by atoms with E-state index in [9.17, 15) is 36.2 Å². The van der Waals surface area contributed by atoms with Gasteiger partial charge in [0.1, 0.15) is 48.7 Å². The summed E-state index contributed by atoms with van der Waals surface area (Å²) < 4.78 is 80.1. The quantitative estimate of drug-likeness (QED) is 0.0499. The second-order valence-corrected chi connectivity index (χ2v) is 15.3. The molecule has 0 heterocycles. The second kappa shape index (κ2) is 23.8. The topological polar surface area (TPSA) is 173 Å². The van der Waals surface area contributed by atoms with E-state index in [1.165, 1.54) is 74.6 Å². The Bertz CT molecular complexity index is 1780. The van der Waals surface area contributed by atoms with Crippen LogP contribution >= 0.6 is 0 Å². The number of benzene rings is 4. The first-order valence-corrected chi connectivity index (χ1v) is 20.8. The molecule has 4 aromatic carbocycles. The van der Waals surface area contributed by atoms with E-state index in [2.05, 4.69) is 13.8 Å². The third-order valence-corrected chi connectivity index (χ3v) is 10.2. The fourth-order valence-corrected chi connectivity index (χ4v) is 7.50. The summed E-state index contributed by atoms with van der Waals surface area (Å²) in [5, 5.41) is 21.0. The Morgan fingerprint density at radius 2 is 1.02 bits per heavy atom. The standard InChI is InChI=1S/2C20H26O5S.Ca/c2*1-2-3-4-5-6-7-10-16-11-8-14-19(20(16)26(22,23)24)25-18-13-9-12-17(21)15-18;/h2*8-9,11-15,21H,2-7,10H2,1H3,(H,22,23,24);/q;;+2/p-2. The van der Waals surface area contributed by atoms with Gasteiger partial charge in [-0.15, -0.1) is 5.75 Å². The van der Waals surface area contributed by atoms with Crippen molar-refractivity contribution in [2.75, 3.05) is 0 Å². The van der Waals surface area contributed by atoms with Gasteiger partial charge >= 0.3 is 37.7 Å². The van der Waals surface area contributed by atoms with Gasteiger partial charge in [-0.2, -0.15) is 8.42 Å². The molecule has 0 bridgehead atoms. The molecular weight excluding hydrogens is 745 g/mol. The van der Waals surface area contributed by atoms with Crippen LogP contribution in [0.1, 0.15) is 102 Å². The van der Waals surface area contributed by atoms with Crippen molar-refractivity contribution in [2.24, 2.45) is 0 Å². The molecule has 0 aromatic heterocycles. The van der Waals surface area contributed by atoms with Gasteiger partial charge in [0, 0.05) is 6.07 Å². The zero-order chi connectivity index (χ0) is 38.0. The van der Waals surface area contributed by atoms with Crippen molar-refractivity contribution >= 4 is 58.0 Å². The largest absolute Gasteiger partial charge is 2.00 e. The van der Waals surface area contributed by atoms with Crippen LogP contribution in [0.2, 0.25) is 0 Å². The summed E-state index contributed by atoms with van der Waals surface area (Å²) in [5.74, 6) is 0.290. The maximum absolute atomic E-state index is 11.9. The fourth-order valence-electron chi connectivity index (χ4n) is 5.78. The van der Waals surface area contributed by atoms with Crippen LogP contribution in [-0.4, -0.2) is 68.8 Å². The van der Waals surface area contributed by atoms with Crippen molar-refractivity contribution in [1.29, 1.82) is 0 Å². The number of aryl methyl sites for hydroxylation is 2. The number of hydrogen-bond donors (Lipinski definition) is 2. The molecule has 0 unspecified atom stereocenters. The van der Waals surface area contributed by atoms with Gasteiger partial charge in [0.2, 0.25) is 0 Å². The molecule has 0 aliphatic heterocycles. The van der Waals surface area contributed by atoms with Crippen molar-refractivity contribution in [1.82, 2.24) is 0 Å². The van der Waals surface area contributed by atoms with E-state index in [-0.39, 0.29) is 76.3 Å². The summed E-state index contributed by atoms with van der Waals surface area (Å²) in [5.41, 5.74) is 1.01. The Kier molecular flexibility index (Phi) is 20.8. The summed E-state index contributed by atoms with van der Waals surface area (Å²) >= 11 is 0. The Hall–Kier alpha value is -2.84. The molecule has 0 atom stereocenters. The second-order valence-electron chi connectivity index (χ2n) is 12.6. The predicted octanol–water partition coefficient (Wildman–Crippen LogP) is 9.31. The van der Waals surface area contributed by atoms with Gasteiger partial charge in [-0.05, 0) is 73.2 Å². The third kappa shape index (κ3) is 16.6. The van der Waals surface area contributed by atoms with Gasteiger partial charge in [0.25, 0.3) is 10.1 Å². The van der Waals surface area contributed by atoms with Crippen LogP contribution in [0.3, 0.4) is 0 Å². The Morgan fingerprint density at radius 1 is 0.585 bits per heavy atom. The van der Waals surface area contributed by atoms with E-state index in [0.717, 1.165) is 44.9 Å². The number of ether oxygens (including phenoxy) is 2. The van der Waals surface area contributed by atoms with Crippen LogP contribution in [0.15, 0.2) is 94.7 Å². The van der Waals surface area contributed by atoms with E-state index in [1.54, 1.807) is 42.5 Å². The molecular formula is C40H50CaO10S2. The van der Waals surface area contributed by atoms with Crippen LogP contribution in [0.5, 0.6) is 34.5 Å². The van der Waals surface area contributed by atoms with Gasteiger partial charge in [-0.25, -0.2) is 8.42 Å². The van der Waals surface area contributed by atoms with E-state index in [4.69, 9.17) is 9.47 Å². The normalized spacial score (nSPS) is 11.2. The first-order chi connectivity index (χ1) is 24.8. The maximum Gasteiger partial charge on any atom is 2.00 e. The molecule has 0 aliphatic rings. The summed E-state index contributed by atoms with van der Waals surface area (Å²) in [7, 11) is -9.13. The Morgan fingerprint density at radius 3 is 1.49 bits per heavy atom. The van der Waals surface area contributed by atoms with Crippen molar-refractivity contribution in [2.45, 2.75) is 114 Å². The summed E-state index contributed by atoms with van der Waals surface area (Å²) in [6.45, 7) is 4.32. The van der Waals surface area contributed by atoms with Crippen molar-refractivity contribution in [3.8, 4) is 34.5 Å². The van der Waals surface area contributed by atoms with Gasteiger partial charge in [0.05, 0.1) is 0 Å². The molecule has 53 heavy (non-hydrogen) atoms. The average Bonchev–Trinajstić information content (AvgIpc) is 3.07. The number of unbranched alkanes of at least 4 members (excludes halogenated alkanes) is 10. The molecule has 4 rings (SSSR count). The molecule has 0 fully saturated rings. The van der Waals surface area contributed by atoms with Crippen molar-refractivity contribution in [3.63, 3.8) is 0 Å². The molecule has 0 amide bonds. The molecule has 0 spiro atoms. The number of aromatic hydroxyl groups is 1. The number of rotatable bonds is 20. The van der Waals surface area contributed by atoms with Gasteiger partial charge in [-0.3, -0.25) is 4.55 Å². The Balaban J connectivity index is 0.000000360. The van der Waals surface area contributed by atoms with Crippen molar-refractivity contribution < 1.29 is 45.6 Å². The number of hydrogen-bond acceptors (Lipinski definition) is 9. The van der Waals surface area contributed by atoms with Crippen LogP contribution in [-0.2, 0) is 33.1 Å². The summed E-state index contributed by atoms with van der Waals surface area (Å²) in [4.78, 5) is -0.526. The fraction of sp³-hybridized carbons (Fsp3) is 0.400. The number of phenols is 1. The minimum Gasteiger partial charge on any atom is -0.872 e. The molecule has 284 valence electrons. The van der Waals surface area contributed by atoms with E-state index in [1.807, 2.05) is 0 Å². The minimum absolute atomic E-state index is 0. The van der Waals surface area contributed by atoms with Crippen LogP contribution in [0.4, 0.5) is 0 Å². The zero-order valence-corrected chi connectivity index (χ0v) is 34.5. The maximum atomic E-state index is 11.9. The zero-order valence-electron chi connectivity index (χ0n) is 30.7. The average molecular weight is 795 g/mol. The first kappa shape index (κ1) is 46.3. The smallest absolute Gasteiger partial charge is 0.872 e. The SMILES string of the molecule is CCCCCCCCc1cccc(Oc2cccc(O)c2)c1S(=O)(=O)O.CCCCCCCCc1cccc(Oc2cccc([O-])c2)c1S(=O)(=O)[O-].[Ca+2]. The van der Waals surface area contributed by atoms with Crippen molar-refractivity contribution in [3.05, 3.63) is 96.1 Å². The summed E-state index contributed by atoms with van der Waals surface area (Å²) in [6.07, 6.45) is 14.0. The number of phenolic OH excluding ortho intramolecular Hbond substituents is 1. The Labute approximate surface area is 345 Å². The van der Waals surface area contributed by atoms with Crippen LogP contribution in [0, 0.1) is 0 Å². The minimum atomic E-state index is -4.70. The van der Waals surface area contributed by atoms with E-state index < -0.39 is 20.2 Å². The first-order valence-electron chi connectivity index (χ1n) is 17.9. The van der Waals surface area contributed by atoms with E-state index in [0.29, 0.717) is 29.7 Å². The molecule has 0 saturated carbocycles. The molecule has 4 aromatic rings. The predicted molar refractivity (Wildman–Crippen MR) is 205 cm³/mol.